The summed E-state index contributed by atoms with van der Waals surface area (Å²) < 4.78 is 33.5. The molecule has 10 nitrogen and oxygen atoms in total. The average Bonchev–Trinajstić information content (AvgIpc) is 3.76. The van der Waals surface area contributed by atoms with E-state index in [1.807, 2.05) is 83.1 Å². The number of fused-ring (bicyclic) bond motifs is 2. The van der Waals surface area contributed by atoms with E-state index in [0.717, 1.165) is 38.9 Å². The second-order valence-electron chi connectivity index (χ2n) is 15.0. The fraction of sp³-hybridized carbons (Fsp3) is 0.391. The van der Waals surface area contributed by atoms with Gasteiger partial charge in [0.25, 0.3) is 0 Å². The monoisotopic (exact) mass is 764 g/mol. The molecule has 0 aliphatic heterocycles. The Bertz CT molecular complexity index is 2120. The van der Waals surface area contributed by atoms with Crippen LogP contribution in [-0.2, 0) is 22.4 Å². The Morgan fingerprint density at radius 3 is 1.38 bits per heavy atom. The van der Waals surface area contributed by atoms with E-state index in [0.29, 0.717) is 78.6 Å². The van der Waals surface area contributed by atoms with Crippen molar-refractivity contribution < 1.29 is 47.6 Å². The minimum atomic E-state index is -0.344. The molecule has 0 radical (unpaired) electrons. The molecule has 4 aromatic carbocycles. The molecule has 0 N–H and O–H groups in total. The lowest BCUT2D eigenvalue weighted by Crippen LogP contribution is -2.20. The summed E-state index contributed by atoms with van der Waals surface area (Å²) in [6.07, 6.45) is 4.02. The predicted molar refractivity (Wildman–Crippen MR) is 215 cm³/mol. The van der Waals surface area contributed by atoms with Crippen LogP contribution in [0.1, 0.15) is 98.6 Å². The summed E-state index contributed by atoms with van der Waals surface area (Å²) in [7, 11) is 6.12. The maximum Gasteiger partial charge on any atom is 0.314 e. The normalized spacial score (nSPS) is 13.0. The molecule has 0 fully saturated rings. The van der Waals surface area contributed by atoms with Gasteiger partial charge < -0.3 is 28.4 Å². The Labute approximate surface area is 329 Å². The van der Waals surface area contributed by atoms with Gasteiger partial charge in [-0.2, -0.15) is 0 Å². The van der Waals surface area contributed by atoms with Gasteiger partial charge in [-0.1, -0.05) is 71.0 Å². The van der Waals surface area contributed by atoms with Crippen molar-refractivity contribution in [1.82, 2.24) is 0 Å². The Balaban J connectivity index is 0.000000214. The van der Waals surface area contributed by atoms with Crippen LogP contribution in [-0.4, -0.2) is 51.9 Å². The number of hydrogen-bond acceptors (Lipinski definition) is 10. The lowest BCUT2D eigenvalue weighted by molar-refractivity contribution is -0.139. The molecule has 10 heteroatoms. The van der Waals surface area contributed by atoms with Crippen molar-refractivity contribution in [1.29, 1.82) is 0 Å². The van der Waals surface area contributed by atoms with E-state index in [-0.39, 0.29) is 41.3 Å². The van der Waals surface area contributed by atoms with Gasteiger partial charge in [0, 0.05) is 35.1 Å². The lowest BCUT2D eigenvalue weighted by Gasteiger charge is -2.20. The van der Waals surface area contributed by atoms with Crippen LogP contribution < -0.4 is 28.4 Å². The summed E-state index contributed by atoms with van der Waals surface area (Å²) in [6.45, 7) is 9.87. The molecule has 0 heterocycles. The topological polar surface area (TPSA) is 124 Å². The summed E-state index contributed by atoms with van der Waals surface area (Å²) in [4.78, 5) is 49.7. The standard InChI is InChI=1S/2C23H26O5/c1-23(2,3)13-20(25)28-21-17(10-12-19(26-4)22(21)27-5)14-7-6-8-16-15(14)9-11-18(16)24;1-5-14(6-2)23(25)28-21-18(11-13-20(26-3)22(21)27-4)15-8-7-9-17-16(15)10-12-19(17)24/h6-8,10,12H,9,11,13H2,1-5H3;7-9,11,13-14H,5-6,10,12H2,1-4H3. The van der Waals surface area contributed by atoms with Crippen LogP contribution in [0.3, 0.4) is 0 Å². The zero-order chi connectivity index (χ0) is 40.7. The first kappa shape index (κ1) is 41.5. The van der Waals surface area contributed by atoms with Crippen LogP contribution >= 0.6 is 0 Å². The third-order valence-corrected chi connectivity index (χ3v) is 10.1. The minimum Gasteiger partial charge on any atom is -0.493 e. The minimum absolute atomic E-state index is 0.142. The highest BCUT2D eigenvalue weighted by Crippen LogP contribution is 2.48. The quantitative estimate of drug-likeness (QED) is 0.102. The number of hydrogen-bond donors (Lipinski definition) is 0. The van der Waals surface area contributed by atoms with E-state index in [4.69, 9.17) is 28.4 Å². The van der Waals surface area contributed by atoms with Gasteiger partial charge in [0.2, 0.25) is 11.5 Å². The van der Waals surface area contributed by atoms with Crippen LogP contribution in [0.5, 0.6) is 34.5 Å². The Hall–Kier alpha value is -5.64. The van der Waals surface area contributed by atoms with Gasteiger partial charge in [-0.05, 0) is 77.6 Å². The molecular weight excluding hydrogens is 712 g/mol. The van der Waals surface area contributed by atoms with Crippen LogP contribution in [0.2, 0.25) is 0 Å². The van der Waals surface area contributed by atoms with Crippen LogP contribution in [0.4, 0.5) is 0 Å². The zero-order valence-electron chi connectivity index (χ0n) is 33.9. The third kappa shape index (κ3) is 8.75. The van der Waals surface area contributed by atoms with Crippen molar-refractivity contribution in [2.45, 2.75) is 79.6 Å². The molecule has 6 rings (SSSR count). The van der Waals surface area contributed by atoms with E-state index in [1.54, 1.807) is 19.2 Å². The van der Waals surface area contributed by atoms with Gasteiger partial charge >= 0.3 is 11.9 Å². The van der Waals surface area contributed by atoms with Gasteiger partial charge in [-0.15, -0.1) is 0 Å². The highest BCUT2D eigenvalue weighted by Gasteiger charge is 2.30. The number of methoxy groups -OCH3 is 4. The highest BCUT2D eigenvalue weighted by atomic mass is 16.6. The summed E-state index contributed by atoms with van der Waals surface area (Å²) in [5, 5.41) is 0. The maximum atomic E-state index is 12.7. The van der Waals surface area contributed by atoms with Crippen LogP contribution in [0, 0.1) is 11.3 Å². The number of esters is 2. The molecule has 0 aromatic heterocycles. The van der Waals surface area contributed by atoms with Crippen molar-refractivity contribution in [3.05, 3.63) is 82.9 Å². The second kappa shape index (κ2) is 17.9. The van der Waals surface area contributed by atoms with Gasteiger partial charge in [0.15, 0.2) is 34.6 Å². The van der Waals surface area contributed by atoms with Gasteiger partial charge in [-0.25, -0.2) is 0 Å². The molecule has 296 valence electrons. The average molecular weight is 765 g/mol. The number of ketones is 2. The van der Waals surface area contributed by atoms with E-state index >= 15 is 0 Å². The fourth-order valence-corrected chi connectivity index (χ4v) is 7.30. The number of rotatable bonds is 12. The highest BCUT2D eigenvalue weighted by molar-refractivity contribution is 6.04. The molecule has 2 aliphatic rings. The predicted octanol–water partition coefficient (Wildman–Crippen LogP) is 9.68. The van der Waals surface area contributed by atoms with E-state index in [2.05, 4.69) is 0 Å². The molecule has 0 bridgehead atoms. The van der Waals surface area contributed by atoms with Crippen LogP contribution in [0.25, 0.3) is 22.3 Å². The van der Waals surface area contributed by atoms with Gasteiger partial charge in [0.1, 0.15) is 0 Å². The van der Waals surface area contributed by atoms with Crippen molar-refractivity contribution in [3.63, 3.8) is 0 Å². The molecule has 0 amide bonds. The number of Topliss-reactive ketones (excluding diaryl/α,β-unsaturated/α-hetero) is 2. The summed E-state index contributed by atoms with van der Waals surface area (Å²) >= 11 is 0. The molecule has 0 atom stereocenters. The zero-order valence-corrected chi connectivity index (χ0v) is 33.9. The van der Waals surface area contributed by atoms with E-state index in [9.17, 15) is 19.2 Å². The Morgan fingerprint density at radius 2 is 0.982 bits per heavy atom. The van der Waals surface area contributed by atoms with Crippen molar-refractivity contribution in [2.75, 3.05) is 28.4 Å². The van der Waals surface area contributed by atoms with Crippen molar-refractivity contribution in [3.8, 4) is 56.8 Å². The molecule has 4 aromatic rings. The molecule has 0 saturated carbocycles. The number of benzene rings is 4. The first-order chi connectivity index (χ1) is 26.8. The smallest absolute Gasteiger partial charge is 0.314 e. The summed E-state index contributed by atoms with van der Waals surface area (Å²) in [5.41, 5.74) is 6.44. The number of carbonyl (C=O) groups is 4. The summed E-state index contributed by atoms with van der Waals surface area (Å²) in [6, 6.07) is 18.6. The SMILES string of the molecule is CCC(CC)C(=O)Oc1c(-c2cccc3c2CCC3=O)ccc(OC)c1OC.COc1ccc(-c2cccc3c2CCC3=O)c(OC(=O)CC(C)(C)C)c1OC. The number of ether oxygens (including phenoxy) is 6. The molecule has 0 spiro atoms. The van der Waals surface area contributed by atoms with Crippen molar-refractivity contribution >= 4 is 23.5 Å². The number of carbonyl (C=O) groups excluding carboxylic acids is 4. The third-order valence-electron chi connectivity index (χ3n) is 10.1. The second-order valence-corrected chi connectivity index (χ2v) is 15.0. The van der Waals surface area contributed by atoms with Gasteiger partial charge in [0.05, 0.1) is 40.8 Å². The first-order valence-electron chi connectivity index (χ1n) is 19.0. The molecule has 0 unspecified atom stereocenters. The molecular formula is C46H52O10. The summed E-state index contributed by atoms with van der Waals surface area (Å²) in [5.74, 6) is 1.84. The first-order valence-corrected chi connectivity index (χ1v) is 19.0. The van der Waals surface area contributed by atoms with Crippen molar-refractivity contribution in [2.24, 2.45) is 11.3 Å². The van der Waals surface area contributed by atoms with Gasteiger partial charge in [-0.3, -0.25) is 19.2 Å². The molecule has 0 saturated heterocycles. The maximum absolute atomic E-state index is 12.7. The van der Waals surface area contributed by atoms with E-state index in [1.165, 1.54) is 21.3 Å². The Kier molecular flexibility index (Phi) is 13.3. The van der Waals surface area contributed by atoms with E-state index < -0.39 is 0 Å². The fourth-order valence-electron chi connectivity index (χ4n) is 7.30. The molecule has 56 heavy (non-hydrogen) atoms. The molecule has 2 aliphatic carbocycles. The largest absolute Gasteiger partial charge is 0.493 e. The van der Waals surface area contributed by atoms with Crippen LogP contribution in [0.15, 0.2) is 60.7 Å². The lowest BCUT2D eigenvalue weighted by atomic mass is 9.92. The Morgan fingerprint density at radius 1 is 0.554 bits per heavy atom.